The van der Waals surface area contributed by atoms with Crippen LogP contribution < -0.4 is 5.32 Å². The predicted octanol–water partition coefficient (Wildman–Crippen LogP) is 1.96. The number of hydrogen-bond donors (Lipinski definition) is 2. The minimum Gasteiger partial charge on any atom is -0.348 e. The molecule has 0 unspecified atom stereocenters. The molecule has 0 spiro atoms. The number of H-pyrrole nitrogens is 1. The number of aromatic nitrogens is 2. The van der Waals surface area contributed by atoms with Crippen molar-refractivity contribution in [2.45, 2.75) is 20.4 Å². The lowest BCUT2D eigenvalue weighted by Crippen LogP contribution is -2.24. The van der Waals surface area contributed by atoms with E-state index in [0.717, 1.165) is 22.3 Å². The Hall–Kier alpha value is -2.10. The van der Waals surface area contributed by atoms with Crippen molar-refractivity contribution in [3.8, 4) is 0 Å². The number of carbonyl (C=O) groups excluding carboxylic acids is 1. The van der Waals surface area contributed by atoms with E-state index in [1.807, 2.05) is 32.0 Å². The summed E-state index contributed by atoms with van der Waals surface area (Å²) in [5.41, 5.74) is 3.71. The first-order valence-electron chi connectivity index (χ1n) is 5.50. The first-order valence-corrected chi connectivity index (χ1v) is 5.50. The third kappa shape index (κ3) is 2.53. The van der Waals surface area contributed by atoms with E-state index in [4.69, 9.17) is 0 Å². The highest BCUT2D eigenvalue weighted by molar-refractivity contribution is 5.96. The molecule has 2 rings (SSSR count). The number of nitrogens with one attached hydrogen (secondary N) is 2. The zero-order valence-corrected chi connectivity index (χ0v) is 9.95. The van der Waals surface area contributed by atoms with Crippen molar-refractivity contribution in [1.29, 1.82) is 0 Å². The van der Waals surface area contributed by atoms with E-state index in [1.165, 1.54) is 0 Å². The molecule has 1 amide bonds. The van der Waals surface area contributed by atoms with Crippen LogP contribution in [0.2, 0.25) is 0 Å². The molecule has 88 valence electrons. The monoisotopic (exact) mass is 229 g/mol. The molecule has 0 aliphatic rings. The van der Waals surface area contributed by atoms with Crippen LogP contribution in [0.4, 0.5) is 0 Å². The number of aromatic amines is 1. The van der Waals surface area contributed by atoms with Crippen molar-refractivity contribution in [3.05, 3.63) is 52.8 Å². The smallest absolute Gasteiger partial charge is 0.252 e. The summed E-state index contributed by atoms with van der Waals surface area (Å²) in [7, 11) is 0. The maximum absolute atomic E-state index is 12.0. The van der Waals surface area contributed by atoms with Gasteiger partial charge in [0.1, 0.15) is 0 Å². The fraction of sp³-hybridized carbons (Fsp3) is 0.231. The second kappa shape index (κ2) is 4.82. The third-order valence-corrected chi connectivity index (χ3v) is 2.72. The average Bonchev–Trinajstić information content (AvgIpc) is 2.79. The molecule has 1 aromatic carbocycles. The van der Waals surface area contributed by atoms with Crippen LogP contribution in [-0.2, 0) is 6.54 Å². The number of benzene rings is 1. The maximum Gasteiger partial charge on any atom is 0.252 e. The summed E-state index contributed by atoms with van der Waals surface area (Å²) >= 11 is 0. The molecule has 2 N–H and O–H groups in total. The molecule has 4 nitrogen and oxygen atoms in total. The van der Waals surface area contributed by atoms with Gasteiger partial charge in [-0.05, 0) is 25.0 Å². The summed E-state index contributed by atoms with van der Waals surface area (Å²) in [5, 5.41) is 9.43. The van der Waals surface area contributed by atoms with E-state index in [1.54, 1.807) is 12.4 Å². The van der Waals surface area contributed by atoms with Crippen LogP contribution in [0.25, 0.3) is 0 Å². The van der Waals surface area contributed by atoms with Crippen LogP contribution in [0.15, 0.2) is 30.6 Å². The van der Waals surface area contributed by atoms with Gasteiger partial charge in [-0.15, -0.1) is 0 Å². The van der Waals surface area contributed by atoms with E-state index in [2.05, 4.69) is 15.5 Å². The lowest BCUT2D eigenvalue weighted by Gasteiger charge is -2.09. The topological polar surface area (TPSA) is 57.8 Å². The van der Waals surface area contributed by atoms with Gasteiger partial charge in [-0.1, -0.05) is 18.2 Å². The third-order valence-electron chi connectivity index (χ3n) is 2.72. The summed E-state index contributed by atoms with van der Waals surface area (Å²) in [6, 6.07) is 5.84. The zero-order chi connectivity index (χ0) is 12.3. The highest BCUT2D eigenvalue weighted by Gasteiger charge is 2.11. The minimum absolute atomic E-state index is 0.0400. The van der Waals surface area contributed by atoms with Crippen LogP contribution in [0.5, 0.6) is 0 Å². The Morgan fingerprint density at radius 3 is 2.65 bits per heavy atom. The Morgan fingerprint density at radius 2 is 2.06 bits per heavy atom. The van der Waals surface area contributed by atoms with Crippen molar-refractivity contribution >= 4 is 5.91 Å². The van der Waals surface area contributed by atoms with Crippen molar-refractivity contribution in [2.75, 3.05) is 0 Å². The number of rotatable bonds is 3. The van der Waals surface area contributed by atoms with E-state index in [9.17, 15) is 4.79 Å². The largest absolute Gasteiger partial charge is 0.348 e. The van der Waals surface area contributed by atoms with Gasteiger partial charge in [0.05, 0.1) is 6.20 Å². The summed E-state index contributed by atoms with van der Waals surface area (Å²) in [6.07, 6.45) is 3.47. The van der Waals surface area contributed by atoms with Gasteiger partial charge >= 0.3 is 0 Å². The Balaban J connectivity index is 2.10. The van der Waals surface area contributed by atoms with E-state index in [0.29, 0.717) is 6.54 Å². The normalized spacial score (nSPS) is 10.2. The summed E-state index contributed by atoms with van der Waals surface area (Å²) < 4.78 is 0. The molecule has 2 aromatic rings. The lowest BCUT2D eigenvalue weighted by atomic mass is 10.0. The van der Waals surface area contributed by atoms with Gasteiger partial charge < -0.3 is 5.32 Å². The minimum atomic E-state index is -0.0400. The lowest BCUT2D eigenvalue weighted by molar-refractivity contribution is 0.0949. The number of hydrogen-bond acceptors (Lipinski definition) is 2. The molecule has 0 atom stereocenters. The van der Waals surface area contributed by atoms with Crippen LogP contribution in [0.1, 0.15) is 27.0 Å². The predicted molar refractivity (Wildman–Crippen MR) is 65.7 cm³/mol. The van der Waals surface area contributed by atoms with Gasteiger partial charge in [-0.2, -0.15) is 5.10 Å². The Morgan fingerprint density at radius 1 is 1.35 bits per heavy atom. The summed E-state index contributed by atoms with van der Waals surface area (Å²) in [6.45, 7) is 4.38. The van der Waals surface area contributed by atoms with Crippen molar-refractivity contribution in [3.63, 3.8) is 0 Å². The second-order valence-corrected chi connectivity index (χ2v) is 4.06. The summed E-state index contributed by atoms with van der Waals surface area (Å²) in [5.74, 6) is -0.0400. The molecular weight excluding hydrogens is 214 g/mol. The molecular formula is C13H15N3O. The molecule has 0 fully saturated rings. The fourth-order valence-corrected chi connectivity index (χ4v) is 1.82. The van der Waals surface area contributed by atoms with Gasteiger partial charge in [0.25, 0.3) is 5.91 Å². The Kier molecular flexibility index (Phi) is 3.23. The first kappa shape index (κ1) is 11.4. The molecule has 0 saturated heterocycles. The average molecular weight is 229 g/mol. The van der Waals surface area contributed by atoms with Gasteiger partial charge in [0.15, 0.2) is 0 Å². The number of amides is 1. The van der Waals surface area contributed by atoms with Crippen molar-refractivity contribution in [2.24, 2.45) is 0 Å². The molecule has 4 heteroatoms. The summed E-state index contributed by atoms with van der Waals surface area (Å²) in [4.78, 5) is 12.0. The van der Waals surface area contributed by atoms with Crippen molar-refractivity contribution in [1.82, 2.24) is 15.5 Å². The van der Waals surface area contributed by atoms with E-state index < -0.39 is 0 Å². The number of carbonyl (C=O) groups is 1. The quantitative estimate of drug-likeness (QED) is 0.845. The van der Waals surface area contributed by atoms with Gasteiger partial charge in [-0.3, -0.25) is 9.89 Å². The van der Waals surface area contributed by atoms with E-state index in [-0.39, 0.29) is 5.91 Å². The molecule has 1 aromatic heterocycles. The van der Waals surface area contributed by atoms with Gasteiger partial charge in [0.2, 0.25) is 0 Å². The van der Waals surface area contributed by atoms with E-state index >= 15 is 0 Å². The molecule has 0 radical (unpaired) electrons. The fourth-order valence-electron chi connectivity index (χ4n) is 1.82. The van der Waals surface area contributed by atoms with Crippen LogP contribution in [0.3, 0.4) is 0 Å². The van der Waals surface area contributed by atoms with Gasteiger partial charge in [-0.25, -0.2) is 0 Å². The highest BCUT2D eigenvalue weighted by Crippen LogP contribution is 2.13. The zero-order valence-electron chi connectivity index (χ0n) is 9.95. The molecule has 0 aliphatic carbocycles. The molecule has 1 heterocycles. The Bertz CT molecular complexity index is 497. The first-order chi connectivity index (χ1) is 8.18. The highest BCUT2D eigenvalue weighted by atomic mass is 16.1. The van der Waals surface area contributed by atoms with Crippen LogP contribution in [-0.4, -0.2) is 16.1 Å². The Labute approximate surface area is 100 Å². The maximum atomic E-state index is 12.0. The van der Waals surface area contributed by atoms with Crippen LogP contribution in [0, 0.1) is 13.8 Å². The molecule has 0 saturated carbocycles. The van der Waals surface area contributed by atoms with Gasteiger partial charge in [0, 0.05) is 23.9 Å². The standard InChI is InChI=1S/C13H15N3O/c1-9-4-3-5-10(2)12(9)13(17)14-6-11-7-15-16-8-11/h3-5,7-8H,6H2,1-2H3,(H,14,17)(H,15,16). The second-order valence-electron chi connectivity index (χ2n) is 4.06. The SMILES string of the molecule is Cc1cccc(C)c1C(=O)NCc1cn[nH]c1. The number of nitrogens with zero attached hydrogens (tertiary/aromatic N) is 1. The molecule has 17 heavy (non-hydrogen) atoms. The molecule has 0 bridgehead atoms. The molecule has 0 aliphatic heterocycles. The van der Waals surface area contributed by atoms with Crippen molar-refractivity contribution < 1.29 is 4.79 Å². The number of aryl methyl sites for hydroxylation is 2. The van der Waals surface area contributed by atoms with Crippen LogP contribution >= 0.6 is 0 Å².